The Balaban J connectivity index is 2.47. The average molecular weight is 270 g/mol. The van der Waals surface area contributed by atoms with E-state index in [1.54, 1.807) is 20.8 Å². The van der Waals surface area contributed by atoms with Crippen molar-refractivity contribution >= 4 is 12.0 Å². The topological polar surface area (TPSA) is 78.4 Å². The molecule has 1 saturated carbocycles. The molecule has 0 radical (unpaired) electrons. The third kappa shape index (κ3) is 4.73. The van der Waals surface area contributed by atoms with Gasteiger partial charge in [-0.2, -0.15) is 0 Å². The Hall–Kier alpha value is -1.26. The van der Waals surface area contributed by atoms with E-state index in [0.717, 1.165) is 12.8 Å². The van der Waals surface area contributed by atoms with Crippen LogP contribution in [-0.4, -0.2) is 29.7 Å². The summed E-state index contributed by atoms with van der Waals surface area (Å²) < 4.78 is 0. The Kier molecular flexibility index (Phi) is 4.82. The zero-order valence-corrected chi connectivity index (χ0v) is 12.4. The summed E-state index contributed by atoms with van der Waals surface area (Å²) in [7, 11) is 0. The van der Waals surface area contributed by atoms with E-state index in [9.17, 15) is 9.59 Å². The third-order valence-corrected chi connectivity index (χ3v) is 3.87. The van der Waals surface area contributed by atoms with Gasteiger partial charge in [-0.3, -0.25) is 0 Å². The van der Waals surface area contributed by atoms with Crippen molar-refractivity contribution < 1.29 is 14.7 Å². The van der Waals surface area contributed by atoms with Crippen LogP contribution in [0, 0.1) is 10.8 Å². The van der Waals surface area contributed by atoms with E-state index in [-0.39, 0.29) is 5.41 Å². The van der Waals surface area contributed by atoms with Crippen molar-refractivity contribution in [1.82, 2.24) is 10.6 Å². The standard InChI is InChI=1S/C14H26N2O3/c1-13(2,3)10(11(17)18)16-12(19)15-9-14(4)7-5-6-8-14/h10H,5-9H2,1-4H3,(H,17,18)(H2,15,16,19)/t10-/m0/s1. The second-order valence-corrected chi connectivity index (χ2v) is 6.98. The lowest BCUT2D eigenvalue weighted by Crippen LogP contribution is -2.53. The summed E-state index contributed by atoms with van der Waals surface area (Å²) in [5.74, 6) is -1.00. The zero-order chi connectivity index (χ0) is 14.7. The Morgan fingerprint density at radius 3 is 2.21 bits per heavy atom. The van der Waals surface area contributed by atoms with Crippen LogP contribution in [0.15, 0.2) is 0 Å². The van der Waals surface area contributed by atoms with Crippen LogP contribution in [0.2, 0.25) is 0 Å². The van der Waals surface area contributed by atoms with E-state index >= 15 is 0 Å². The molecule has 5 heteroatoms. The highest BCUT2D eigenvalue weighted by molar-refractivity contribution is 5.83. The second kappa shape index (κ2) is 5.80. The van der Waals surface area contributed by atoms with Crippen LogP contribution in [-0.2, 0) is 4.79 Å². The zero-order valence-electron chi connectivity index (χ0n) is 12.4. The van der Waals surface area contributed by atoms with Gasteiger partial charge in [0.15, 0.2) is 0 Å². The van der Waals surface area contributed by atoms with Gasteiger partial charge in [-0.25, -0.2) is 9.59 Å². The van der Waals surface area contributed by atoms with Crippen molar-refractivity contribution in [2.24, 2.45) is 10.8 Å². The SMILES string of the molecule is CC1(CNC(=O)N[C@@H](C(=O)O)C(C)(C)C)CCCC1. The number of nitrogens with one attached hydrogen (secondary N) is 2. The number of aliphatic carboxylic acids is 1. The van der Waals surface area contributed by atoms with Gasteiger partial charge < -0.3 is 15.7 Å². The number of carboxylic acids is 1. The van der Waals surface area contributed by atoms with E-state index in [1.807, 2.05) is 0 Å². The molecule has 2 amide bonds. The van der Waals surface area contributed by atoms with E-state index in [1.165, 1.54) is 12.8 Å². The molecule has 110 valence electrons. The highest BCUT2D eigenvalue weighted by atomic mass is 16.4. The molecule has 1 aliphatic rings. The van der Waals surface area contributed by atoms with Crippen LogP contribution in [0.25, 0.3) is 0 Å². The quantitative estimate of drug-likeness (QED) is 0.733. The Bertz CT molecular complexity index is 341. The van der Waals surface area contributed by atoms with Crippen LogP contribution in [0.1, 0.15) is 53.4 Å². The number of hydrogen-bond donors (Lipinski definition) is 3. The van der Waals surface area contributed by atoms with Gasteiger partial charge in [-0.05, 0) is 23.7 Å². The predicted molar refractivity (Wildman–Crippen MR) is 74.0 cm³/mol. The van der Waals surface area contributed by atoms with Crippen molar-refractivity contribution in [3.8, 4) is 0 Å². The van der Waals surface area contributed by atoms with Gasteiger partial charge in [0.2, 0.25) is 0 Å². The van der Waals surface area contributed by atoms with Crippen molar-refractivity contribution in [3.05, 3.63) is 0 Å². The molecular weight excluding hydrogens is 244 g/mol. The predicted octanol–water partition coefficient (Wildman–Crippen LogP) is 2.37. The molecule has 3 N–H and O–H groups in total. The molecule has 1 rings (SSSR count). The maximum absolute atomic E-state index is 11.8. The van der Waals surface area contributed by atoms with Crippen molar-refractivity contribution in [2.45, 2.75) is 59.4 Å². The van der Waals surface area contributed by atoms with Crippen LogP contribution in [0.5, 0.6) is 0 Å². The maximum Gasteiger partial charge on any atom is 0.326 e. The van der Waals surface area contributed by atoms with Gasteiger partial charge in [-0.1, -0.05) is 40.5 Å². The van der Waals surface area contributed by atoms with Crippen LogP contribution < -0.4 is 10.6 Å². The molecule has 0 heterocycles. The van der Waals surface area contributed by atoms with Crippen LogP contribution >= 0.6 is 0 Å². The summed E-state index contributed by atoms with van der Waals surface area (Å²) >= 11 is 0. The first-order valence-corrected chi connectivity index (χ1v) is 6.91. The van der Waals surface area contributed by atoms with Gasteiger partial charge in [0.05, 0.1) is 0 Å². The minimum atomic E-state index is -1.00. The highest BCUT2D eigenvalue weighted by Gasteiger charge is 2.33. The number of carboxylic acid groups (broad SMARTS) is 1. The number of hydrogen-bond acceptors (Lipinski definition) is 2. The van der Waals surface area contributed by atoms with E-state index in [4.69, 9.17) is 5.11 Å². The molecule has 0 saturated heterocycles. The lowest BCUT2D eigenvalue weighted by Gasteiger charge is -2.29. The molecule has 1 fully saturated rings. The third-order valence-electron chi connectivity index (χ3n) is 3.87. The molecule has 0 spiro atoms. The van der Waals surface area contributed by atoms with Gasteiger partial charge in [0.1, 0.15) is 6.04 Å². The van der Waals surface area contributed by atoms with Crippen molar-refractivity contribution in [2.75, 3.05) is 6.54 Å². The summed E-state index contributed by atoms with van der Waals surface area (Å²) in [5.41, 5.74) is -0.349. The number of carbonyl (C=O) groups is 2. The summed E-state index contributed by atoms with van der Waals surface area (Å²) in [6.45, 7) is 8.16. The first kappa shape index (κ1) is 15.8. The summed E-state index contributed by atoms with van der Waals surface area (Å²) in [5, 5.41) is 14.5. The molecule has 0 aliphatic heterocycles. The van der Waals surface area contributed by atoms with Gasteiger partial charge >= 0.3 is 12.0 Å². The van der Waals surface area contributed by atoms with Crippen molar-refractivity contribution in [3.63, 3.8) is 0 Å². The molecule has 1 aliphatic carbocycles. The van der Waals surface area contributed by atoms with Crippen molar-refractivity contribution in [1.29, 1.82) is 0 Å². The largest absolute Gasteiger partial charge is 0.480 e. The molecule has 19 heavy (non-hydrogen) atoms. The Morgan fingerprint density at radius 2 is 1.79 bits per heavy atom. The fourth-order valence-corrected chi connectivity index (χ4v) is 2.53. The average Bonchev–Trinajstić information content (AvgIpc) is 2.69. The summed E-state index contributed by atoms with van der Waals surface area (Å²) in [6, 6.07) is -1.28. The lowest BCUT2D eigenvalue weighted by atomic mass is 9.87. The first-order chi connectivity index (χ1) is 8.64. The molecule has 5 nitrogen and oxygen atoms in total. The van der Waals surface area contributed by atoms with E-state index in [2.05, 4.69) is 17.6 Å². The molecule has 0 aromatic carbocycles. The van der Waals surface area contributed by atoms with Crippen LogP contribution in [0.4, 0.5) is 4.79 Å². The number of carbonyl (C=O) groups excluding carboxylic acids is 1. The minimum Gasteiger partial charge on any atom is -0.480 e. The number of rotatable bonds is 4. The van der Waals surface area contributed by atoms with Crippen LogP contribution in [0.3, 0.4) is 0 Å². The second-order valence-electron chi connectivity index (χ2n) is 6.98. The highest BCUT2D eigenvalue weighted by Crippen LogP contribution is 2.36. The molecule has 1 atom stereocenters. The minimum absolute atomic E-state index is 0.164. The molecular formula is C14H26N2O3. The van der Waals surface area contributed by atoms with Gasteiger partial charge in [0, 0.05) is 6.54 Å². The Labute approximate surface area is 115 Å². The van der Waals surface area contributed by atoms with Gasteiger partial charge in [0.25, 0.3) is 0 Å². The monoisotopic (exact) mass is 270 g/mol. The molecule has 0 aromatic heterocycles. The maximum atomic E-state index is 11.8. The normalized spacial score (nSPS) is 19.8. The van der Waals surface area contributed by atoms with E-state index < -0.39 is 23.5 Å². The summed E-state index contributed by atoms with van der Waals surface area (Å²) in [6.07, 6.45) is 4.66. The number of amides is 2. The van der Waals surface area contributed by atoms with Gasteiger partial charge in [-0.15, -0.1) is 0 Å². The molecule has 0 bridgehead atoms. The first-order valence-electron chi connectivity index (χ1n) is 6.91. The Morgan fingerprint density at radius 1 is 1.26 bits per heavy atom. The summed E-state index contributed by atoms with van der Waals surface area (Å²) in [4.78, 5) is 23.0. The molecule has 0 aromatic rings. The smallest absolute Gasteiger partial charge is 0.326 e. The van der Waals surface area contributed by atoms with E-state index in [0.29, 0.717) is 6.54 Å². The number of urea groups is 1. The fraction of sp³-hybridized carbons (Fsp3) is 0.857. The lowest BCUT2D eigenvalue weighted by molar-refractivity contribution is -0.141. The molecule has 0 unspecified atom stereocenters. The fourth-order valence-electron chi connectivity index (χ4n) is 2.53.